The van der Waals surface area contributed by atoms with Gasteiger partial charge in [-0.05, 0) is 62.4 Å². The van der Waals surface area contributed by atoms with E-state index in [-0.39, 0.29) is 5.91 Å². The van der Waals surface area contributed by atoms with Gasteiger partial charge < -0.3 is 10.1 Å². The van der Waals surface area contributed by atoms with Gasteiger partial charge in [0, 0.05) is 18.4 Å². The highest BCUT2D eigenvalue weighted by molar-refractivity contribution is 5.95. The van der Waals surface area contributed by atoms with Crippen LogP contribution in [-0.2, 0) is 6.54 Å². The highest BCUT2D eigenvalue weighted by Gasteiger charge is 2.15. The molecule has 126 valence electrons. The first-order valence-electron chi connectivity index (χ1n) is 8.68. The van der Waals surface area contributed by atoms with Crippen molar-refractivity contribution >= 4 is 5.91 Å². The monoisotopic (exact) mass is 324 g/mol. The normalized spacial score (nSPS) is 15.0. The minimum Gasteiger partial charge on any atom is -0.490 e. The maximum atomic E-state index is 12.3. The molecular weight excluding hydrogens is 300 g/mol. The van der Waals surface area contributed by atoms with Crippen molar-refractivity contribution in [1.29, 1.82) is 0 Å². The number of aromatic nitrogens is 1. The summed E-state index contributed by atoms with van der Waals surface area (Å²) in [7, 11) is 0. The molecule has 1 saturated carbocycles. The van der Waals surface area contributed by atoms with Crippen molar-refractivity contribution in [3.63, 3.8) is 0 Å². The van der Waals surface area contributed by atoms with Gasteiger partial charge in [-0.3, -0.25) is 9.78 Å². The minimum atomic E-state index is -0.0980. The van der Waals surface area contributed by atoms with Crippen LogP contribution in [0.4, 0.5) is 0 Å². The number of ether oxygens (including phenoxy) is 1. The van der Waals surface area contributed by atoms with Crippen LogP contribution in [0.1, 0.15) is 53.7 Å². The number of benzene rings is 1. The fraction of sp³-hybridized carbons (Fsp3) is 0.400. The van der Waals surface area contributed by atoms with Crippen LogP contribution < -0.4 is 10.1 Å². The molecule has 4 heteroatoms. The van der Waals surface area contributed by atoms with Crippen LogP contribution >= 0.6 is 0 Å². The molecule has 0 unspecified atom stereocenters. The minimum absolute atomic E-state index is 0.0980. The van der Waals surface area contributed by atoms with E-state index in [2.05, 4.69) is 10.3 Å². The van der Waals surface area contributed by atoms with E-state index in [4.69, 9.17) is 4.74 Å². The van der Waals surface area contributed by atoms with Gasteiger partial charge >= 0.3 is 0 Å². The molecule has 1 heterocycles. The number of aryl methyl sites for hydroxylation is 1. The first-order valence-corrected chi connectivity index (χ1v) is 8.68. The van der Waals surface area contributed by atoms with E-state index in [1.165, 1.54) is 19.3 Å². The first-order chi connectivity index (χ1) is 11.7. The third-order valence-corrected chi connectivity index (χ3v) is 4.46. The molecule has 1 aliphatic carbocycles. The van der Waals surface area contributed by atoms with Gasteiger partial charge in [-0.1, -0.05) is 18.6 Å². The van der Waals surface area contributed by atoms with E-state index in [1.807, 2.05) is 31.2 Å². The molecule has 1 amide bonds. The number of hydrogen-bond acceptors (Lipinski definition) is 3. The molecule has 1 aliphatic rings. The molecule has 0 saturated heterocycles. The lowest BCUT2D eigenvalue weighted by Crippen LogP contribution is -2.24. The molecule has 1 aromatic carbocycles. The van der Waals surface area contributed by atoms with E-state index in [9.17, 15) is 4.79 Å². The summed E-state index contributed by atoms with van der Waals surface area (Å²) in [5.41, 5.74) is 2.40. The summed E-state index contributed by atoms with van der Waals surface area (Å²) in [5, 5.41) is 2.95. The Morgan fingerprint density at radius 2 is 2.04 bits per heavy atom. The van der Waals surface area contributed by atoms with Crippen LogP contribution in [-0.4, -0.2) is 17.0 Å². The topological polar surface area (TPSA) is 51.2 Å². The lowest BCUT2D eigenvalue weighted by atomic mass is 9.98. The molecular formula is C20H24N2O2. The summed E-state index contributed by atoms with van der Waals surface area (Å²) >= 11 is 0. The number of pyridine rings is 1. The van der Waals surface area contributed by atoms with Gasteiger partial charge in [0.15, 0.2) is 0 Å². The van der Waals surface area contributed by atoms with Gasteiger partial charge in [-0.15, -0.1) is 0 Å². The molecule has 4 nitrogen and oxygen atoms in total. The molecule has 2 aromatic rings. The Morgan fingerprint density at radius 3 is 2.83 bits per heavy atom. The van der Waals surface area contributed by atoms with E-state index in [1.54, 1.807) is 18.3 Å². The van der Waals surface area contributed by atoms with Gasteiger partial charge in [0.25, 0.3) is 5.91 Å². The van der Waals surface area contributed by atoms with Crippen LogP contribution in [0.3, 0.4) is 0 Å². The van der Waals surface area contributed by atoms with E-state index in [0.29, 0.717) is 18.2 Å². The number of rotatable bonds is 5. The Balaban J connectivity index is 1.58. The van der Waals surface area contributed by atoms with Crippen molar-refractivity contribution in [1.82, 2.24) is 10.3 Å². The first kappa shape index (κ1) is 16.5. The number of nitrogens with one attached hydrogen (secondary N) is 1. The summed E-state index contributed by atoms with van der Waals surface area (Å²) in [4.78, 5) is 16.4. The Labute approximate surface area is 143 Å². The largest absolute Gasteiger partial charge is 0.490 e. The van der Waals surface area contributed by atoms with Gasteiger partial charge in [0.2, 0.25) is 0 Å². The van der Waals surface area contributed by atoms with Crippen molar-refractivity contribution in [3.8, 4) is 5.75 Å². The predicted molar refractivity (Wildman–Crippen MR) is 94.1 cm³/mol. The lowest BCUT2D eigenvalue weighted by Gasteiger charge is -2.23. The molecule has 1 fully saturated rings. The summed E-state index contributed by atoms with van der Waals surface area (Å²) < 4.78 is 6.08. The molecule has 3 rings (SSSR count). The van der Waals surface area contributed by atoms with E-state index in [0.717, 1.165) is 29.8 Å². The Morgan fingerprint density at radius 1 is 1.21 bits per heavy atom. The average Bonchev–Trinajstić information content (AvgIpc) is 2.61. The zero-order valence-electron chi connectivity index (χ0n) is 14.1. The molecule has 24 heavy (non-hydrogen) atoms. The summed E-state index contributed by atoms with van der Waals surface area (Å²) in [6.07, 6.45) is 8.14. The molecule has 1 aromatic heterocycles. The second kappa shape index (κ2) is 7.95. The standard InChI is InChI=1S/C20H24N2O2/c1-15-19(11-6-12-21-15)20(23)22-14-16-7-5-10-18(13-16)24-17-8-3-2-4-9-17/h5-7,10-13,17H,2-4,8-9,14H2,1H3,(H,22,23). The number of hydrogen-bond donors (Lipinski definition) is 1. The average molecular weight is 324 g/mol. The zero-order valence-corrected chi connectivity index (χ0v) is 14.1. The van der Waals surface area contributed by atoms with Crippen molar-refractivity contribution in [2.75, 3.05) is 0 Å². The number of carbonyl (C=O) groups is 1. The lowest BCUT2D eigenvalue weighted by molar-refractivity contribution is 0.0949. The highest BCUT2D eigenvalue weighted by Crippen LogP contribution is 2.24. The molecule has 0 aliphatic heterocycles. The fourth-order valence-electron chi connectivity index (χ4n) is 3.11. The third kappa shape index (κ3) is 4.34. The van der Waals surface area contributed by atoms with Crippen LogP contribution in [0.25, 0.3) is 0 Å². The van der Waals surface area contributed by atoms with E-state index < -0.39 is 0 Å². The summed E-state index contributed by atoms with van der Waals surface area (Å²) in [6.45, 7) is 2.32. The summed E-state index contributed by atoms with van der Waals surface area (Å²) in [5.74, 6) is 0.797. The van der Waals surface area contributed by atoms with E-state index >= 15 is 0 Å². The maximum absolute atomic E-state index is 12.3. The predicted octanol–water partition coefficient (Wildman–Crippen LogP) is 4.03. The quantitative estimate of drug-likeness (QED) is 0.903. The molecule has 0 atom stereocenters. The SMILES string of the molecule is Cc1ncccc1C(=O)NCc1cccc(OC2CCCCC2)c1. The van der Waals surface area contributed by atoms with Crippen LogP contribution in [0.2, 0.25) is 0 Å². The van der Waals surface area contributed by atoms with Crippen LogP contribution in [0.15, 0.2) is 42.6 Å². The highest BCUT2D eigenvalue weighted by atomic mass is 16.5. The van der Waals surface area contributed by atoms with Gasteiger partial charge in [-0.2, -0.15) is 0 Å². The Kier molecular flexibility index (Phi) is 5.47. The molecule has 0 bridgehead atoms. The number of nitrogens with zero attached hydrogens (tertiary/aromatic N) is 1. The van der Waals surface area contributed by atoms with Crippen molar-refractivity contribution in [2.45, 2.75) is 51.7 Å². The number of amides is 1. The molecule has 0 spiro atoms. The summed E-state index contributed by atoms with van der Waals surface area (Å²) in [6, 6.07) is 11.6. The van der Waals surface area contributed by atoms with Crippen molar-refractivity contribution in [2.24, 2.45) is 0 Å². The van der Waals surface area contributed by atoms with Crippen LogP contribution in [0.5, 0.6) is 5.75 Å². The second-order valence-corrected chi connectivity index (χ2v) is 6.34. The van der Waals surface area contributed by atoms with Gasteiger partial charge in [-0.25, -0.2) is 0 Å². The molecule has 0 radical (unpaired) electrons. The van der Waals surface area contributed by atoms with Crippen molar-refractivity contribution in [3.05, 3.63) is 59.4 Å². The number of carbonyl (C=O) groups excluding carboxylic acids is 1. The second-order valence-electron chi connectivity index (χ2n) is 6.34. The smallest absolute Gasteiger partial charge is 0.253 e. The van der Waals surface area contributed by atoms with Gasteiger partial charge in [0.1, 0.15) is 5.75 Å². The Hall–Kier alpha value is -2.36. The zero-order chi connectivity index (χ0) is 16.8. The third-order valence-electron chi connectivity index (χ3n) is 4.46. The molecule has 1 N–H and O–H groups in total. The Bertz CT molecular complexity index is 694. The van der Waals surface area contributed by atoms with Crippen LogP contribution in [0, 0.1) is 6.92 Å². The van der Waals surface area contributed by atoms with Gasteiger partial charge in [0.05, 0.1) is 11.7 Å². The fourth-order valence-corrected chi connectivity index (χ4v) is 3.11. The van der Waals surface area contributed by atoms with Crippen molar-refractivity contribution < 1.29 is 9.53 Å². The maximum Gasteiger partial charge on any atom is 0.253 e.